The van der Waals surface area contributed by atoms with E-state index >= 15 is 0 Å². The Kier molecular flexibility index (Phi) is 4.94. The minimum absolute atomic E-state index is 0.0729. The first-order valence-corrected chi connectivity index (χ1v) is 10.4. The van der Waals surface area contributed by atoms with Crippen molar-refractivity contribution in [1.82, 2.24) is 0 Å². The van der Waals surface area contributed by atoms with Gasteiger partial charge in [0.25, 0.3) is 0 Å². The molecule has 2 aromatic carbocycles. The van der Waals surface area contributed by atoms with E-state index in [0.717, 1.165) is 24.0 Å². The van der Waals surface area contributed by atoms with Gasteiger partial charge in [0.2, 0.25) is 0 Å². The fraction of sp³-hybridized carbons (Fsp3) is 0.385. The summed E-state index contributed by atoms with van der Waals surface area (Å²) in [5, 5.41) is 0. The molecular weight excluding hydrogens is 360 g/mol. The average Bonchev–Trinajstić information content (AvgIpc) is 3.02. The minimum Gasteiger partial charge on any atom is -0.426 e. The van der Waals surface area contributed by atoms with Gasteiger partial charge in [-0.25, -0.2) is 0 Å². The maximum atomic E-state index is 13.3. The van der Waals surface area contributed by atoms with E-state index in [1.807, 2.05) is 54.6 Å². The molecule has 0 radical (unpaired) electrons. The second kappa shape index (κ2) is 7.29. The van der Waals surface area contributed by atoms with Crippen LogP contribution in [0.1, 0.15) is 39.2 Å². The van der Waals surface area contributed by atoms with E-state index in [-0.39, 0.29) is 28.5 Å². The number of benzene rings is 2. The highest BCUT2D eigenvalue weighted by Crippen LogP contribution is 2.65. The lowest BCUT2D eigenvalue weighted by molar-refractivity contribution is -0.137. The predicted octanol–water partition coefficient (Wildman–Crippen LogP) is 5.40. The maximum absolute atomic E-state index is 13.3. The van der Waals surface area contributed by atoms with Crippen molar-refractivity contribution in [3.63, 3.8) is 0 Å². The van der Waals surface area contributed by atoms with Gasteiger partial charge >= 0.3 is 5.97 Å². The first-order valence-electron chi connectivity index (χ1n) is 10.4. The molecule has 2 aromatic rings. The van der Waals surface area contributed by atoms with Gasteiger partial charge in [0.05, 0.1) is 5.92 Å². The van der Waals surface area contributed by atoms with E-state index in [4.69, 9.17) is 4.74 Å². The molecule has 0 N–H and O–H groups in total. The molecule has 2 aliphatic carbocycles. The van der Waals surface area contributed by atoms with Crippen molar-refractivity contribution in [2.45, 2.75) is 40.0 Å². The van der Waals surface area contributed by atoms with Crippen molar-refractivity contribution in [3.05, 3.63) is 77.9 Å². The smallest absolute Gasteiger partial charge is 0.318 e. The van der Waals surface area contributed by atoms with Gasteiger partial charge in [0.1, 0.15) is 5.75 Å². The molecule has 2 bridgehead atoms. The number of hydrogen-bond acceptors (Lipinski definition) is 3. The van der Waals surface area contributed by atoms with E-state index in [1.54, 1.807) is 12.1 Å². The Morgan fingerprint density at radius 3 is 2.28 bits per heavy atom. The van der Waals surface area contributed by atoms with Crippen molar-refractivity contribution < 1.29 is 14.3 Å². The zero-order chi connectivity index (χ0) is 20.6. The fourth-order valence-corrected chi connectivity index (χ4v) is 5.10. The molecule has 0 amide bonds. The maximum Gasteiger partial charge on any atom is 0.318 e. The molecule has 0 heterocycles. The Hall–Kier alpha value is -2.68. The number of allylic oxidation sites excluding steroid dienone is 1. The summed E-state index contributed by atoms with van der Waals surface area (Å²) in [6.45, 7) is 6.47. The molecule has 0 spiro atoms. The molecule has 0 aliphatic heterocycles. The van der Waals surface area contributed by atoms with Crippen LogP contribution in [0.25, 0.3) is 0 Å². The number of ether oxygens (including phenoxy) is 1. The van der Waals surface area contributed by atoms with Gasteiger partial charge in [-0.15, -0.1) is 0 Å². The van der Waals surface area contributed by atoms with E-state index in [2.05, 4.69) is 20.8 Å². The molecule has 2 aliphatic rings. The van der Waals surface area contributed by atoms with Crippen LogP contribution in [0.3, 0.4) is 0 Å². The largest absolute Gasteiger partial charge is 0.426 e. The molecule has 150 valence electrons. The van der Waals surface area contributed by atoms with Crippen molar-refractivity contribution in [2.24, 2.45) is 22.7 Å². The van der Waals surface area contributed by atoms with Crippen LogP contribution in [-0.2, 0) is 16.0 Å². The number of hydrogen-bond donors (Lipinski definition) is 0. The second-order valence-corrected chi connectivity index (χ2v) is 9.13. The van der Waals surface area contributed by atoms with Crippen molar-refractivity contribution in [1.29, 1.82) is 0 Å². The lowest BCUT2D eigenvalue weighted by Gasteiger charge is -2.31. The molecule has 2 saturated carbocycles. The van der Waals surface area contributed by atoms with Gasteiger partial charge < -0.3 is 4.74 Å². The summed E-state index contributed by atoms with van der Waals surface area (Å²) >= 11 is 0. The number of carbonyl (C=O) groups is 2. The Bertz CT molecular complexity index is 942. The highest BCUT2D eigenvalue weighted by atomic mass is 16.5. The Morgan fingerprint density at radius 2 is 1.69 bits per heavy atom. The molecular formula is C26H28O3. The third-order valence-electron chi connectivity index (χ3n) is 7.31. The molecule has 3 nitrogen and oxygen atoms in total. The SMILES string of the molecule is CC1(C)[C@@H]2CC[C@@]1(C)C(=O)C2=C[C@@H](Cc1ccccc1)C(=O)Oc1ccccc1. The molecule has 0 aromatic heterocycles. The van der Waals surface area contributed by atoms with E-state index in [0.29, 0.717) is 12.2 Å². The number of para-hydroxylation sites is 1. The number of rotatable bonds is 5. The van der Waals surface area contributed by atoms with Gasteiger partial charge in [0.15, 0.2) is 5.78 Å². The van der Waals surface area contributed by atoms with Gasteiger partial charge in [-0.2, -0.15) is 0 Å². The number of esters is 1. The van der Waals surface area contributed by atoms with Gasteiger partial charge in [-0.05, 0) is 53.9 Å². The quantitative estimate of drug-likeness (QED) is 0.391. The fourth-order valence-electron chi connectivity index (χ4n) is 5.10. The molecule has 3 heteroatoms. The minimum atomic E-state index is -0.490. The van der Waals surface area contributed by atoms with Crippen LogP contribution in [0.4, 0.5) is 0 Å². The van der Waals surface area contributed by atoms with Crippen LogP contribution in [0, 0.1) is 22.7 Å². The summed E-state index contributed by atoms with van der Waals surface area (Å²) < 4.78 is 5.66. The van der Waals surface area contributed by atoms with E-state index in [1.165, 1.54) is 0 Å². The molecule has 0 unspecified atom stereocenters. The normalized spacial score (nSPS) is 27.2. The first kappa shape index (κ1) is 19.6. The van der Waals surface area contributed by atoms with Crippen LogP contribution < -0.4 is 4.74 Å². The molecule has 4 rings (SSSR count). The summed E-state index contributed by atoms with van der Waals surface area (Å²) in [7, 11) is 0. The standard InChI is InChI=1S/C26H28O3/c1-25(2)22-14-15-26(25,3)23(27)21(22)17-19(16-18-10-6-4-7-11-18)24(28)29-20-12-8-5-9-13-20/h4-13,17,19,22H,14-16H2,1-3H3/t19-,22-,26+/m1/s1. The zero-order valence-electron chi connectivity index (χ0n) is 17.4. The van der Waals surface area contributed by atoms with Crippen LogP contribution in [-0.4, -0.2) is 11.8 Å². The van der Waals surface area contributed by atoms with Crippen molar-refractivity contribution >= 4 is 11.8 Å². The van der Waals surface area contributed by atoms with Gasteiger partial charge in [-0.3, -0.25) is 9.59 Å². The van der Waals surface area contributed by atoms with Gasteiger partial charge in [-0.1, -0.05) is 75.4 Å². The van der Waals surface area contributed by atoms with Crippen molar-refractivity contribution in [2.75, 3.05) is 0 Å². The molecule has 0 saturated heterocycles. The lowest BCUT2D eigenvalue weighted by atomic mass is 9.70. The summed E-state index contributed by atoms with van der Waals surface area (Å²) in [4.78, 5) is 26.3. The highest BCUT2D eigenvalue weighted by molar-refractivity contribution is 6.05. The number of Topliss-reactive ketones (excluding diaryl/α,β-unsaturated/α-hetero) is 1. The number of ketones is 1. The van der Waals surface area contributed by atoms with Crippen LogP contribution in [0.15, 0.2) is 72.3 Å². The number of fused-ring (bicyclic) bond motifs is 2. The first-order chi connectivity index (χ1) is 13.8. The molecule has 29 heavy (non-hydrogen) atoms. The van der Waals surface area contributed by atoms with Crippen LogP contribution in [0.5, 0.6) is 5.75 Å². The zero-order valence-corrected chi connectivity index (χ0v) is 17.4. The summed E-state index contributed by atoms with van der Waals surface area (Å²) in [5.74, 6) is 0.147. The summed E-state index contributed by atoms with van der Waals surface area (Å²) in [6.07, 6.45) is 4.37. The topological polar surface area (TPSA) is 43.4 Å². The molecule has 3 atom stereocenters. The van der Waals surface area contributed by atoms with Crippen molar-refractivity contribution in [3.8, 4) is 5.75 Å². The molecule has 2 fully saturated rings. The van der Waals surface area contributed by atoms with Crippen LogP contribution in [0.2, 0.25) is 0 Å². The Balaban J connectivity index is 1.66. The Morgan fingerprint density at radius 1 is 1.07 bits per heavy atom. The average molecular weight is 389 g/mol. The monoisotopic (exact) mass is 388 g/mol. The third-order valence-corrected chi connectivity index (χ3v) is 7.31. The summed E-state index contributed by atoms with van der Waals surface area (Å²) in [6, 6.07) is 19.0. The third kappa shape index (κ3) is 3.33. The van der Waals surface area contributed by atoms with Gasteiger partial charge in [0, 0.05) is 5.41 Å². The summed E-state index contributed by atoms with van der Waals surface area (Å²) in [5.41, 5.74) is 1.48. The predicted molar refractivity (Wildman–Crippen MR) is 113 cm³/mol. The van der Waals surface area contributed by atoms with E-state index < -0.39 is 5.92 Å². The van der Waals surface area contributed by atoms with Crippen LogP contribution >= 0.6 is 0 Å². The van der Waals surface area contributed by atoms with E-state index in [9.17, 15) is 9.59 Å². The number of carbonyl (C=O) groups excluding carboxylic acids is 2. The highest BCUT2D eigenvalue weighted by Gasteiger charge is 2.64. The Labute approximate surface area is 172 Å². The lowest BCUT2D eigenvalue weighted by Crippen LogP contribution is -2.32. The second-order valence-electron chi connectivity index (χ2n) is 9.13.